The third-order valence-corrected chi connectivity index (χ3v) is 4.43. The normalized spacial score (nSPS) is 12.9. The molecular weight excluding hydrogens is 256 g/mol. The van der Waals surface area contributed by atoms with Crippen molar-refractivity contribution in [2.45, 2.75) is 59.5 Å². The zero-order valence-electron chi connectivity index (χ0n) is 13.9. The molecule has 1 N–H and O–H groups in total. The van der Waals surface area contributed by atoms with Gasteiger partial charge in [0.2, 0.25) is 0 Å². The summed E-state index contributed by atoms with van der Waals surface area (Å²) in [4.78, 5) is 0. The van der Waals surface area contributed by atoms with Crippen LogP contribution in [0.25, 0.3) is 10.9 Å². The molecule has 0 fully saturated rings. The first-order valence-electron chi connectivity index (χ1n) is 8.57. The summed E-state index contributed by atoms with van der Waals surface area (Å²) in [6.45, 7) is 9.92. The van der Waals surface area contributed by atoms with E-state index in [1.54, 1.807) is 0 Å². The fraction of sp³-hybridized carbons (Fsp3) is 0.579. The minimum Gasteiger partial charge on any atom is -0.347 e. The van der Waals surface area contributed by atoms with Crippen molar-refractivity contribution in [2.24, 2.45) is 5.92 Å². The zero-order valence-corrected chi connectivity index (χ0v) is 13.9. The highest BCUT2D eigenvalue weighted by molar-refractivity contribution is 5.83. The molecule has 1 aromatic heterocycles. The highest BCUT2D eigenvalue weighted by Crippen LogP contribution is 2.24. The molecule has 116 valence electrons. The van der Waals surface area contributed by atoms with Crippen molar-refractivity contribution in [1.82, 2.24) is 9.88 Å². The lowest BCUT2D eigenvalue weighted by molar-refractivity contribution is 0.396. The van der Waals surface area contributed by atoms with Gasteiger partial charge in [0.1, 0.15) is 0 Å². The number of rotatable bonds is 9. The molecule has 0 spiro atoms. The van der Waals surface area contributed by atoms with Crippen molar-refractivity contribution in [3.63, 3.8) is 0 Å². The number of para-hydroxylation sites is 1. The highest BCUT2D eigenvalue weighted by atomic mass is 15.0. The van der Waals surface area contributed by atoms with E-state index in [1.165, 1.54) is 42.1 Å². The summed E-state index contributed by atoms with van der Waals surface area (Å²) in [5.74, 6) is 0.799. The largest absolute Gasteiger partial charge is 0.347 e. The monoisotopic (exact) mass is 286 g/mol. The van der Waals surface area contributed by atoms with Crippen molar-refractivity contribution in [3.8, 4) is 0 Å². The molecule has 2 aromatic rings. The molecule has 1 unspecified atom stereocenters. The highest BCUT2D eigenvalue weighted by Gasteiger charge is 2.12. The second kappa shape index (κ2) is 8.23. The number of benzene rings is 1. The van der Waals surface area contributed by atoms with Gasteiger partial charge in [0, 0.05) is 30.2 Å². The molecule has 2 rings (SSSR count). The Kier molecular flexibility index (Phi) is 6.31. The molecule has 0 saturated carbocycles. The number of fused-ring (bicyclic) bond motifs is 1. The lowest BCUT2D eigenvalue weighted by atomic mass is 9.99. The van der Waals surface area contributed by atoms with E-state index in [0.717, 1.165) is 25.6 Å². The van der Waals surface area contributed by atoms with Crippen LogP contribution in [0.5, 0.6) is 0 Å². The second-order valence-electron chi connectivity index (χ2n) is 6.02. The van der Waals surface area contributed by atoms with Gasteiger partial charge in [-0.1, -0.05) is 58.2 Å². The molecule has 2 nitrogen and oxygen atoms in total. The molecule has 21 heavy (non-hydrogen) atoms. The van der Waals surface area contributed by atoms with Gasteiger partial charge in [-0.15, -0.1) is 0 Å². The van der Waals surface area contributed by atoms with Crippen molar-refractivity contribution in [2.75, 3.05) is 6.54 Å². The lowest BCUT2D eigenvalue weighted by Gasteiger charge is -2.16. The maximum atomic E-state index is 3.46. The molecule has 0 radical (unpaired) electrons. The first kappa shape index (κ1) is 16.1. The molecule has 0 saturated heterocycles. The maximum absolute atomic E-state index is 3.46. The number of hydrogen-bond donors (Lipinski definition) is 1. The third-order valence-electron chi connectivity index (χ3n) is 4.43. The Morgan fingerprint density at radius 1 is 1.14 bits per heavy atom. The number of nitrogens with zero attached hydrogens (tertiary/aromatic N) is 1. The van der Waals surface area contributed by atoms with Crippen LogP contribution in [0.15, 0.2) is 30.5 Å². The quantitative estimate of drug-likeness (QED) is 0.689. The van der Waals surface area contributed by atoms with Crippen LogP contribution in [0, 0.1) is 5.92 Å². The van der Waals surface area contributed by atoms with Crippen LogP contribution in [-0.2, 0) is 13.1 Å². The Morgan fingerprint density at radius 2 is 1.95 bits per heavy atom. The summed E-state index contributed by atoms with van der Waals surface area (Å²) in [5, 5.41) is 4.86. The molecule has 2 heteroatoms. The van der Waals surface area contributed by atoms with Crippen molar-refractivity contribution < 1.29 is 0 Å². The molecule has 0 bridgehead atoms. The predicted octanol–water partition coefficient (Wildman–Crippen LogP) is 4.97. The number of aromatic nitrogens is 1. The number of hydrogen-bond acceptors (Lipinski definition) is 1. The van der Waals surface area contributed by atoms with E-state index >= 15 is 0 Å². The number of unbranched alkanes of at least 4 members (excludes halogenated alkanes) is 1. The van der Waals surface area contributed by atoms with Gasteiger partial charge < -0.3 is 9.88 Å². The molecule has 0 aliphatic carbocycles. The first-order valence-corrected chi connectivity index (χ1v) is 8.57. The maximum Gasteiger partial charge on any atom is 0.0483 e. The topological polar surface area (TPSA) is 17.0 Å². The van der Waals surface area contributed by atoms with E-state index in [-0.39, 0.29) is 0 Å². The fourth-order valence-electron chi connectivity index (χ4n) is 3.07. The van der Waals surface area contributed by atoms with Gasteiger partial charge >= 0.3 is 0 Å². The van der Waals surface area contributed by atoms with Crippen LogP contribution in [0.4, 0.5) is 0 Å². The Hall–Kier alpha value is -1.28. The molecular formula is C19H30N2. The number of nitrogens with one attached hydrogen (secondary N) is 1. The van der Waals surface area contributed by atoms with Crippen LogP contribution in [0.2, 0.25) is 0 Å². The zero-order chi connectivity index (χ0) is 15.1. The Bertz CT molecular complexity index is 541. The van der Waals surface area contributed by atoms with Crippen LogP contribution < -0.4 is 5.32 Å². The van der Waals surface area contributed by atoms with Gasteiger partial charge in [0.25, 0.3) is 0 Å². The van der Waals surface area contributed by atoms with Gasteiger partial charge in [-0.05, 0) is 30.5 Å². The summed E-state index contributed by atoms with van der Waals surface area (Å²) >= 11 is 0. The van der Waals surface area contributed by atoms with Gasteiger partial charge in [0.15, 0.2) is 0 Å². The van der Waals surface area contributed by atoms with Crippen LogP contribution in [-0.4, -0.2) is 11.1 Å². The molecule has 0 amide bonds. The molecule has 0 aliphatic rings. The van der Waals surface area contributed by atoms with Crippen molar-refractivity contribution in [3.05, 3.63) is 36.0 Å². The summed E-state index contributed by atoms with van der Waals surface area (Å²) < 4.78 is 2.48. The van der Waals surface area contributed by atoms with E-state index in [0.29, 0.717) is 0 Å². The smallest absolute Gasteiger partial charge is 0.0483 e. The van der Waals surface area contributed by atoms with Crippen molar-refractivity contribution >= 4 is 10.9 Å². The molecule has 0 aliphatic heterocycles. The Labute approximate surface area is 129 Å². The van der Waals surface area contributed by atoms with E-state index in [9.17, 15) is 0 Å². The van der Waals surface area contributed by atoms with Crippen LogP contribution in [0.1, 0.15) is 52.0 Å². The average Bonchev–Trinajstić information content (AvgIpc) is 2.87. The van der Waals surface area contributed by atoms with Crippen LogP contribution >= 0.6 is 0 Å². The van der Waals surface area contributed by atoms with E-state index in [1.807, 2.05) is 0 Å². The van der Waals surface area contributed by atoms with Crippen molar-refractivity contribution in [1.29, 1.82) is 0 Å². The van der Waals surface area contributed by atoms with Gasteiger partial charge in [-0.2, -0.15) is 0 Å². The molecule has 1 atom stereocenters. The van der Waals surface area contributed by atoms with E-state index in [4.69, 9.17) is 0 Å². The lowest BCUT2D eigenvalue weighted by Crippen LogP contribution is -2.12. The average molecular weight is 286 g/mol. The van der Waals surface area contributed by atoms with Gasteiger partial charge in [0.05, 0.1) is 0 Å². The fourth-order valence-corrected chi connectivity index (χ4v) is 3.07. The van der Waals surface area contributed by atoms with Gasteiger partial charge in [-0.3, -0.25) is 0 Å². The summed E-state index contributed by atoms with van der Waals surface area (Å²) in [6.07, 6.45) is 7.63. The first-order chi connectivity index (χ1) is 10.3. The summed E-state index contributed by atoms with van der Waals surface area (Å²) in [7, 11) is 0. The van der Waals surface area contributed by atoms with E-state index in [2.05, 4.69) is 61.1 Å². The Morgan fingerprint density at radius 3 is 2.67 bits per heavy atom. The SMILES string of the molecule is CCCCC(CC)Cn1cc(CNCC)c2ccccc21. The predicted molar refractivity (Wildman–Crippen MR) is 92.6 cm³/mol. The minimum absolute atomic E-state index is 0.799. The van der Waals surface area contributed by atoms with Crippen LogP contribution in [0.3, 0.4) is 0 Å². The van der Waals surface area contributed by atoms with E-state index < -0.39 is 0 Å². The Balaban J connectivity index is 2.22. The standard InChI is InChI=1S/C19H30N2/c1-4-7-10-16(5-2)14-21-15-17(13-20-6-3)18-11-8-9-12-19(18)21/h8-9,11-12,15-16,20H,4-7,10,13-14H2,1-3H3. The third kappa shape index (κ3) is 4.10. The summed E-state index contributed by atoms with van der Waals surface area (Å²) in [5.41, 5.74) is 2.82. The second-order valence-corrected chi connectivity index (χ2v) is 6.02. The molecule has 1 aromatic carbocycles. The van der Waals surface area contributed by atoms with Gasteiger partial charge in [-0.25, -0.2) is 0 Å². The minimum atomic E-state index is 0.799. The molecule has 1 heterocycles. The summed E-state index contributed by atoms with van der Waals surface area (Å²) in [6, 6.07) is 8.82.